The van der Waals surface area contributed by atoms with Crippen molar-refractivity contribution in [2.24, 2.45) is 0 Å². The average molecular weight is 363 g/mol. The summed E-state index contributed by atoms with van der Waals surface area (Å²) in [6.45, 7) is 1.53. The van der Waals surface area contributed by atoms with E-state index in [2.05, 4.69) is 26.2 Å². The van der Waals surface area contributed by atoms with Gasteiger partial charge in [0.25, 0.3) is 5.91 Å². The van der Waals surface area contributed by atoms with Gasteiger partial charge in [-0.25, -0.2) is 4.79 Å². The van der Waals surface area contributed by atoms with E-state index in [9.17, 15) is 9.59 Å². The summed E-state index contributed by atoms with van der Waals surface area (Å²) in [6, 6.07) is 10.6. The standard InChI is InChI=1S/C16H15BrN2O3/c1-11(13-6-2-3-7-14(13)17)19-15(20)10-22-16(21)12-5-4-8-18-9-12/h2-9,11H,10H2,1H3,(H,19,20)/t11-/m0/s1. The molecular weight excluding hydrogens is 348 g/mol. The van der Waals surface area contributed by atoms with E-state index in [1.807, 2.05) is 31.2 Å². The van der Waals surface area contributed by atoms with E-state index < -0.39 is 5.97 Å². The van der Waals surface area contributed by atoms with Gasteiger partial charge in [-0.1, -0.05) is 34.1 Å². The molecule has 1 heterocycles. The molecule has 1 atom stereocenters. The number of ether oxygens (including phenoxy) is 1. The fraction of sp³-hybridized carbons (Fsp3) is 0.188. The number of carbonyl (C=O) groups is 2. The first-order valence-electron chi connectivity index (χ1n) is 6.69. The monoisotopic (exact) mass is 362 g/mol. The highest BCUT2D eigenvalue weighted by molar-refractivity contribution is 9.10. The Balaban J connectivity index is 1.86. The third-order valence-electron chi connectivity index (χ3n) is 2.98. The molecule has 0 aliphatic carbocycles. The zero-order valence-electron chi connectivity index (χ0n) is 12.0. The normalized spacial score (nSPS) is 11.5. The maximum absolute atomic E-state index is 11.9. The Morgan fingerprint density at radius 2 is 2.05 bits per heavy atom. The predicted molar refractivity (Wildman–Crippen MR) is 85.2 cm³/mol. The highest BCUT2D eigenvalue weighted by atomic mass is 79.9. The number of nitrogens with one attached hydrogen (secondary N) is 1. The van der Waals surface area contributed by atoms with E-state index in [0.717, 1.165) is 10.0 Å². The summed E-state index contributed by atoms with van der Waals surface area (Å²) < 4.78 is 5.87. The maximum atomic E-state index is 11.9. The third-order valence-corrected chi connectivity index (χ3v) is 3.70. The van der Waals surface area contributed by atoms with Gasteiger partial charge in [-0.15, -0.1) is 0 Å². The molecule has 0 spiro atoms. The summed E-state index contributed by atoms with van der Waals surface area (Å²) in [6.07, 6.45) is 2.95. The van der Waals surface area contributed by atoms with E-state index in [-0.39, 0.29) is 18.6 Å². The number of amides is 1. The number of nitrogens with zero attached hydrogens (tertiary/aromatic N) is 1. The minimum absolute atomic E-state index is 0.194. The van der Waals surface area contributed by atoms with Crippen LogP contribution in [0.4, 0.5) is 0 Å². The first kappa shape index (κ1) is 16.2. The second-order valence-electron chi connectivity index (χ2n) is 4.63. The van der Waals surface area contributed by atoms with Crippen molar-refractivity contribution < 1.29 is 14.3 Å². The topological polar surface area (TPSA) is 68.3 Å². The van der Waals surface area contributed by atoms with Crippen LogP contribution in [0.3, 0.4) is 0 Å². The summed E-state index contributed by atoms with van der Waals surface area (Å²) in [5.41, 5.74) is 1.27. The van der Waals surface area contributed by atoms with Crippen LogP contribution >= 0.6 is 15.9 Å². The third kappa shape index (κ3) is 4.39. The number of aromatic nitrogens is 1. The number of pyridine rings is 1. The minimum atomic E-state index is -0.572. The lowest BCUT2D eigenvalue weighted by Gasteiger charge is -2.15. The minimum Gasteiger partial charge on any atom is -0.452 e. The van der Waals surface area contributed by atoms with E-state index in [1.54, 1.807) is 18.3 Å². The molecular formula is C16H15BrN2O3. The molecule has 0 radical (unpaired) electrons. The lowest BCUT2D eigenvalue weighted by atomic mass is 10.1. The van der Waals surface area contributed by atoms with Gasteiger partial charge < -0.3 is 10.1 Å². The van der Waals surface area contributed by atoms with E-state index in [1.165, 1.54) is 6.20 Å². The summed E-state index contributed by atoms with van der Waals surface area (Å²) in [4.78, 5) is 27.4. The van der Waals surface area contributed by atoms with Gasteiger partial charge in [0.15, 0.2) is 6.61 Å². The first-order valence-corrected chi connectivity index (χ1v) is 7.48. The molecule has 2 rings (SSSR count). The summed E-state index contributed by atoms with van der Waals surface area (Å²) >= 11 is 3.44. The van der Waals surface area contributed by atoms with Crippen molar-refractivity contribution in [3.05, 3.63) is 64.4 Å². The Bertz CT molecular complexity index is 661. The maximum Gasteiger partial charge on any atom is 0.340 e. The molecule has 0 unspecified atom stereocenters. The van der Waals surface area contributed by atoms with Crippen molar-refractivity contribution in [3.8, 4) is 0 Å². The summed E-state index contributed by atoms with van der Waals surface area (Å²) in [7, 11) is 0. The molecule has 1 amide bonds. The average Bonchev–Trinajstić information content (AvgIpc) is 2.53. The molecule has 5 nitrogen and oxygen atoms in total. The van der Waals surface area contributed by atoms with Gasteiger partial charge in [-0.3, -0.25) is 9.78 Å². The smallest absolute Gasteiger partial charge is 0.340 e. The van der Waals surface area contributed by atoms with Crippen LogP contribution in [0, 0.1) is 0 Å². The van der Waals surface area contributed by atoms with Gasteiger partial charge in [-0.2, -0.15) is 0 Å². The van der Waals surface area contributed by atoms with E-state index in [0.29, 0.717) is 5.56 Å². The number of hydrogen-bond donors (Lipinski definition) is 1. The Morgan fingerprint density at radius 3 is 2.73 bits per heavy atom. The largest absolute Gasteiger partial charge is 0.452 e. The molecule has 114 valence electrons. The summed E-state index contributed by atoms with van der Waals surface area (Å²) in [5, 5.41) is 2.78. The SMILES string of the molecule is C[C@H](NC(=O)COC(=O)c1cccnc1)c1ccccc1Br. The van der Waals surface area contributed by atoms with Crippen LogP contribution in [0.1, 0.15) is 28.9 Å². The molecule has 0 aliphatic rings. The van der Waals surface area contributed by atoms with E-state index in [4.69, 9.17) is 4.74 Å². The Labute approximate surface area is 136 Å². The number of esters is 1. The van der Waals surface area contributed by atoms with Crippen LogP contribution in [-0.4, -0.2) is 23.5 Å². The Hall–Kier alpha value is -2.21. The van der Waals surface area contributed by atoms with Crippen LogP contribution in [0.5, 0.6) is 0 Å². The first-order chi connectivity index (χ1) is 10.6. The highest BCUT2D eigenvalue weighted by Gasteiger charge is 2.14. The molecule has 6 heteroatoms. The van der Waals surface area contributed by atoms with Crippen LogP contribution in [-0.2, 0) is 9.53 Å². The van der Waals surface area contributed by atoms with Gasteiger partial charge in [0.1, 0.15) is 0 Å². The lowest BCUT2D eigenvalue weighted by molar-refractivity contribution is -0.124. The molecule has 0 saturated heterocycles. The highest BCUT2D eigenvalue weighted by Crippen LogP contribution is 2.22. The van der Waals surface area contributed by atoms with Crippen LogP contribution in [0.15, 0.2) is 53.3 Å². The van der Waals surface area contributed by atoms with Crippen molar-refractivity contribution in [1.29, 1.82) is 0 Å². The number of hydrogen-bond acceptors (Lipinski definition) is 4. The van der Waals surface area contributed by atoms with Gasteiger partial charge >= 0.3 is 5.97 Å². The lowest BCUT2D eigenvalue weighted by Crippen LogP contribution is -2.31. The number of halogens is 1. The van der Waals surface area contributed by atoms with E-state index >= 15 is 0 Å². The Kier molecular flexibility index (Phi) is 5.66. The molecule has 0 bridgehead atoms. The van der Waals surface area contributed by atoms with Gasteiger partial charge in [0.05, 0.1) is 11.6 Å². The fourth-order valence-electron chi connectivity index (χ4n) is 1.89. The van der Waals surface area contributed by atoms with Crippen LogP contribution in [0.25, 0.3) is 0 Å². The zero-order chi connectivity index (χ0) is 15.9. The van der Waals surface area contributed by atoms with Crippen molar-refractivity contribution in [2.45, 2.75) is 13.0 Å². The quantitative estimate of drug-likeness (QED) is 0.830. The Morgan fingerprint density at radius 1 is 1.27 bits per heavy atom. The van der Waals surface area contributed by atoms with Gasteiger partial charge in [-0.05, 0) is 30.7 Å². The molecule has 0 fully saturated rings. The van der Waals surface area contributed by atoms with Crippen molar-refractivity contribution in [3.63, 3.8) is 0 Å². The predicted octanol–water partition coefficient (Wildman–Crippen LogP) is 2.88. The second-order valence-corrected chi connectivity index (χ2v) is 5.48. The zero-order valence-corrected chi connectivity index (χ0v) is 13.5. The van der Waals surface area contributed by atoms with Crippen LogP contribution < -0.4 is 5.32 Å². The second kappa shape index (κ2) is 7.70. The van der Waals surface area contributed by atoms with Crippen LogP contribution in [0.2, 0.25) is 0 Å². The summed E-state index contributed by atoms with van der Waals surface area (Å²) in [5.74, 6) is -0.933. The molecule has 0 saturated carbocycles. The number of carbonyl (C=O) groups excluding carboxylic acids is 2. The molecule has 0 aliphatic heterocycles. The molecule has 1 N–H and O–H groups in total. The fourth-order valence-corrected chi connectivity index (χ4v) is 2.51. The molecule has 1 aromatic carbocycles. The van der Waals surface area contributed by atoms with Crippen molar-refractivity contribution in [1.82, 2.24) is 10.3 Å². The van der Waals surface area contributed by atoms with Crippen molar-refractivity contribution >= 4 is 27.8 Å². The number of benzene rings is 1. The molecule has 1 aromatic heterocycles. The molecule has 22 heavy (non-hydrogen) atoms. The van der Waals surface area contributed by atoms with Gasteiger partial charge in [0.2, 0.25) is 0 Å². The molecule has 2 aromatic rings. The van der Waals surface area contributed by atoms with Gasteiger partial charge in [0, 0.05) is 16.9 Å². The van der Waals surface area contributed by atoms with Crippen molar-refractivity contribution in [2.75, 3.05) is 6.61 Å². The number of rotatable bonds is 5.